The Bertz CT molecular complexity index is 822. The largest absolute Gasteiger partial charge is 0.352 e. The number of nitriles is 1. The number of hydrogen-bond donors (Lipinski definition) is 0. The van der Waals surface area contributed by atoms with Crippen molar-refractivity contribution in [1.29, 1.82) is 5.26 Å². The monoisotopic (exact) mass is 338 g/mol. The molecule has 1 aromatic heterocycles. The van der Waals surface area contributed by atoms with Gasteiger partial charge in [0, 0.05) is 32.4 Å². The number of anilines is 1. The molecule has 0 atom stereocenters. The summed E-state index contributed by atoms with van der Waals surface area (Å²) in [6.07, 6.45) is 1.76. The maximum absolute atomic E-state index is 13.7. The number of carbonyl (C=O) groups excluding carboxylic acids is 1. The highest BCUT2D eigenvalue weighted by molar-refractivity contribution is 5.79. The number of carbonyl (C=O) groups is 1. The maximum atomic E-state index is 13.7. The minimum absolute atomic E-state index is 0.0683. The molecule has 5 nitrogen and oxygen atoms in total. The van der Waals surface area contributed by atoms with Crippen molar-refractivity contribution >= 4 is 11.7 Å². The van der Waals surface area contributed by atoms with Gasteiger partial charge in [0.15, 0.2) is 0 Å². The smallest absolute Gasteiger partial charge is 0.227 e. The number of hydrogen-bond acceptors (Lipinski definition) is 4. The van der Waals surface area contributed by atoms with E-state index in [4.69, 9.17) is 0 Å². The van der Waals surface area contributed by atoms with Gasteiger partial charge in [-0.3, -0.25) is 4.79 Å². The zero-order valence-corrected chi connectivity index (χ0v) is 14.1. The second-order valence-electron chi connectivity index (χ2n) is 6.07. The second kappa shape index (κ2) is 7.31. The van der Waals surface area contributed by atoms with Gasteiger partial charge < -0.3 is 9.80 Å². The zero-order valence-electron chi connectivity index (χ0n) is 14.1. The van der Waals surface area contributed by atoms with Gasteiger partial charge in [0.25, 0.3) is 0 Å². The van der Waals surface area contributed by atoms with E-state index in [2.05, 4.69) is 11.1 Å². The van der Waals surface area contributed by atoms with Crippen LogP contribution in [0.1, 0.15) is 16.7 Å². The van der Waals surface area contributed by atoms with Crippen LogP contribution in [0.3, 0.4) is 0 Å². The average Bonchev–Trinajstić information content (AvgIpc) is 2.63. The Labute approximate surface area is 146 Å². The molecule has 128 valence electrons. The molecule has 3 rings (SSSR count). The molecule has 2 heterocycles. The number of rotatable bonds is 3. The standard InChI is InChI=1S/C19H19FN4O/c1-14-6-7-22-19(16(14)13-21)24-10-8-23(9-11-24)18(25)12-15-4-2-3-5-17(15)20/h2-7H,8-12H2,1H3. The molecule has 1 aliphatic heterocycles. The van der Waals surface area contributed by atoms with E-state index in [1.165, 1.54) is 6.07 Å². The number of nitrogens with zero attached hydrogens (tertiary/aromatic N) is 4. The van der Waals surface area contributed by atoms with Crippen LogP contribution >= 0.6 is 0 Å². The van der Waals surface area contributed by atoms with Gasteiger partial charge in [-0.25, -0.2) is 9.37 Å². The van der Waals surface area contributed by atoms with E-state index in [9.17, 15) is 14.4 Å². The molecular weight excluding hydrogens is 319 g/mol. The van der Waals surface area contributed by atoms with Gasteiger partial charge in [0.05, 0.1) is 12.0 Å². The first-order valence-electron chi connectivity index (χ1n) is 8.22. The van der Waals surface area contributed by atoms with Gasteiger partial charge in [-0.15, -0.1) is 0 Å². The Morgan fingerprint density at radius 2 is 1.96 bits per heavy atom. The number of aryl methyl sites for hydroxylation is 1. The van der Waals surface area contributed by atoms with Crippen molar-refractivity contribution in [3.63, 3.8) is 0 Å². The molecule has 0 radical (unpaired) electrons. The molecule has 1 amide bonds. The lowest BCUT2D eigenvalue weighted by molar-refractivity contribution is -0.130. The van der Waals surface area contributed by atoms with Crippen molar-refractivity contribution in [2.24, 2.45) is 0 Å². The van der Waals surface area contributed by atoms with Crippen molar-refractivity contribution in [2.75, 3.05) is 31.1 Å². The van der Waals surface area contributed by atoms with Gasteiger partial charge in [-0.1, -0.05) is 18.2 Å². The van der Waals surface area contributed by atoms with E-state index < -0.39 is 0 Å². The number of halogens is 1. The van der Waals surface area contributed by atoms with Gasteiger partial charge in [-0.2, -0.15) is 5.26 Å². The zero-order chi connectivity index (χ0) is 17.8. The summed E-state index contributed by atoms with van der Waals surface area (Å²) in [6.45, 7) is 4.17. The van der Waals surface area contributed by atoms with E-state index in [1.54, 1.807) is 29.3 Å². The van der Waals surface area contributed by atoms with Crippen molar-refractivity contribution in [3.8, 4) is 6.07 Å². The van der Waals surface area contributed by atoms with Crippen molar-refractivity contribution in [2.45, 2.75) is 13.3 Å². The molecule has 0 bridgehead atoms. The third kappa shape index (κ3) is 3.61. The molecule has 2 aromatic rings. The van der Waals surface area contributed by atoms with Crippen LogP contribution in [0.15, 0.2) is 36.5 Å². The Kier molecular flexibility index (Phi) is 4.94. The molecule has 0 unspecified atom stereocenters. The molecule has 1 aliphatic rings. The van der Waals surface area contributed by atoms with E-state index in [0.29, 0.717) is 43.1 Å². The summed E-state index contributed by atoms with van der Waals surface area (Å²) in [5.74, 6) is 0.239. The molecule has 6 heteroatoms. The first kappa shape index (κ1) is 16.9. The third-order valence-electron chi connectivity index (χ3n) is 4.48. The molecule has 0 N–H and O–H groups in total. The number of pyridine rings is 1. The van der Waals surface area contributed by atoms with Crippen LogP contribution in [0.2, 0.25) is 0 Å². The summed E-state index contributed by atoms with van der Waals surface area (Å²) in [4.78, 5) is 20.5. The number of piperazine rings is 1. The molecule has 0 spiro atoms. The fourth-order valence-corrected chi connectivity index (χ4v) is 3.01. The Hall–Kier alpha value is -2.94. The fraction of sp³-hybridized carbons (Fsp3) is 0.316. The van der Waals surface area contributed by atoms with E-state index in [-0.39, 0.29) is 18.1 Å². The van der Waals surface area contributed by atoms with Gasteiger partial charge in [0.2, 0.25) is 5.91 Å². The second-order valence-corrected chi connectivity index (χ2v) is 6.07. The van der Waals surface area contributed by atoms with Gasteiger partial charge >= 0.3 is 0 Å². The lowest BCUT2D eigenvalue weighted by Gasteiger charge is -2.36. The van der Waals surface area contributed by atoms with Crippen LogP contribution < -0.4 is 4.90 Å². The van der Waals surface area contributed by atoms with Crippen molar-refractivity contribution < 1.29 is 9.18 Å². The van der Waals surface area contributed by atoms with Crippen LogP contribution in [0, 0.1) is 24.1 Å². The highest BCUT2D eigenvalue weighted by Gasteiger charge is 2.24. The maximum Gasteiger partial charge on any atom is 0.227 e. The van der Waals surface area contributed by atoms with E-state index in [0.717, 1.165) is 5.56 Å². The molecule has 25 heavy (non-hydrogen) atoms. The fourth-order valence-electron chi connectivity index (χ4n) is 3.01. The lowest BCUT2D eigenvalue weighted by Crippen LogP contribution is -2.49. The predicted molar refractivity (Wildman–Crippen MR) is 92.6 cm³/mol. The summed E-state index contributed by atoms with van der Waals surface area (Å²) < 4.78 is 13.7. The van der Waals surface area contributed by atoms with Crippen molar-refractivity contribution in [3.05, 3.63) is 59.0 Å². The SMILES string of the molecule is Cc1ccnc(N2CCN(C(=O)Cc3ccccc3F)CC2)c1C#N. The summed E-state index contributed by atoms with van der Waals surface area (Å²) in [6, 6.07) is 10.4. The molecule has 1 fully saturated rings. The highest BCUT2D eigenvalue weighted by atomic mass is 19.1. The lowest BCUT2D eigenvalue weighted by atomic mass is 10.1. The minimum Gasteiger partial charge on any atom is -0.352 e. The van der Waals surface area contributed by atoms with Crippen molar-refractivity contribution in [1.82, 2.24) is 9.88 Å². The Morgan fingerprint density at radius 3 is 2.64 bits per heavy atom. The normalized spacial score (nSPS) is 14.3. The summed E-state index contributed by atoms with van der Waals surface area (Å²) >= 11 is 0. The van der Waals surface area contributed by atoms with E-state index in [1.807, 2.05) is 17.9 Å². The molecule has 1 saturated heterocycles. The average molecular weight is 338 g/mol. The first-order chi connectivity index (χ1) is 12.1. The van der Waals surface area contributed by atoms with Crippen LogP contribution in [0.5, 0.6) is 0 Å². The quantitative estimate of drug-likeness (QED) is 0.861. The topological polar surface area (TPSA) is 60.2 Å². The van der Waals surface area contributed by atoms with E-state index >= 15 is 0 Å². The highest BCUT2D eigenvalue weighted by Crippen LogP contribution is 2.21. The Balaban J connectivity index is 1.64. The molecule has 0 saturated carbocycles. The number of aromatic nitrogens is 1. The third-order valence-corrected chi connectivity index (χ3v) is 4.48. The number of amides is 1. The van der Waals surface area contributed by atoms with Gasteiger partial charge in [-0.05, 0) is 30.2 Å². The molecule has 0 aliphatic carbocycles. The summed E-state index contributed by atoms with van der Waals surface area (Å²) in [7, 11) is 0. The number of benzene rings is 1. The Morgan fingerprint density at radius 1 is 1.24 bits per heavy atom. The van der Waals surface area contributed by atoms with Crippen LogP contribution in [-0.4, -0.2) is 42.0 Å². The molecule has 1 aromatic carbocycles. The van der Waals surface area contributed by atoms with Crippen LogP contribution in [0.25, 0.3) is 0 Å². The molecular formula is C19H19FN4O. The van der Waals surface area contributed by atoms with Crippen LogP contribution in [-0.2, 0) is 11.2 Å². The van der Waals surface area contributed by atoms with Gasteiger partial charge in [0.1, 0.15) is 17.7 Å². The first-order valence-corrected chi connectivity index (χ1v) is 8.22. The summed E-state index contributed by atoms with van der Waals surface area (Å²) in [5, 5.41) is 9.34. The van der Waals surface area contributed by atoms with Crippen LogP contribution in [0.4, 0.5) is 10.2 Å². The predicted octanol–water partition coefficient (Wildman–Crippen LogP) is 2.29. The minimum atomic E-state index is -0.350. The summed E-state index contributed by atoms with van der Waals surface area (Å²) in [5.41, 5.74) is 1.89.